The second-order valence-electron chi connectivity index (χ2n) is 14.3. The summed E-state index contributed by atoms with van der Waals surface area (Å²) in [5.74, 6) is -0.914. The Morgan fingerprint density at radius 1 is 0.981 bits per heavy atom. The maximum Gasteiger partial charge on any atom is 0.279 e. The van der Waals surface area contributed by atoms with Gasteiger partial charge in [-0.15, -0.1) is 0 Å². The summed E-state index contributed by atoms with van der Waals surface area (Å²) in [5, 5.41) is 15.5. The van der Waals surface area contributed by atoms with Crippen molar-refractivity contribution in [2.45, 2.75) is 56.8 Å². The van der Waals surface area contributed by atoms with Crippen molar-refractivity contribution in [2.75, 3.05) is 18.1 Å². The molecule has 1 fully saturated rings. The third-order valence-electron chi connectivity index (χ3n) is 10.5. The topological polar surface area (TPSA) is 125 Å². The smallest absolute Gasteiger partial charge is 0.279 e. The predicted molar refractivity (Wildman–Crippen MR) is 205 cm³/mol. The van der Waals surface area contributed by atoms with Gasteiger partial charge in [0.2, 0.25) is 5.91 Å². The fraction of sp³-hybridized carbons (Fsp3) is 0.300. The summed E-state index contributed by atoms with van der Waals surface area (Å²) >= 11 is 3.61. The molecular weight excluding hydrogens is 740 g/mol. The zero-order valence-electron chi connectivity index (χ0n) is 29.3. The van der Waals surface area contributed by atoms with E-state index in [9.17, 15) is 24.3 Å². The van der Waals surface area contributed by atoms with Gasteiger partial charge >= 0.3 is 0 Å². The quantitative estimate of drug-likeness (QED) is 0.169. The number of nitrogens with zero attached hydrogens (tertiary/aromatic N) is 4. The molecule has 1 aromatic heterocycles. The van der Waals surface area contributed by atoms with Gasteiger partial charge in [0.25, 0.3) is 11.5 Å². The van der Waals surface area contributed by atoms with Gasteiger partial charge in [-0.2, -0.15) is 9.78 Å². The van der Waals surface area contributed by atoms with Crippen LogP contribution in [-0.2, 0) is 33.0 Å². The molecule has 0 radical (unpaired) electrons. The summed E-state index contributed by atoms with van der Waals surface area (Å²) in [4.78, 5) is 57.0. The van der Waals surface area contributed by atoms with Gasteiger partial charge in [-0.3, -0.25) is 14.4 Å². The number of aliphatic hydroxyl groups is 1. The molecule has 1 spiro atoms. The van der Waals surface area contributed by atoms with E-state index >= 15 is 0 Å². The Hall–Kier alpha value is -4.46. The molecule has 268 valence electrons. The number of hydrogen-bond donors (Lipinski definition) is 2. The molecule has 52 heavy (non-hydrogen) atoms. The minimum absolute atomic E-state index is 0.0408. The van der Waals surface area contributed by atoms with E-state index in [1.165, 1.54) is 4.68 Å². The van der Waals surface area contributed by atoms with Crippen LogP contribution in [0, 0.1) is 5.92 Å². The number of anilines is 1. The Morgan fingerprint density at radius 2 is 1.69 bits per heavy atom. The number of fused-ring (bicyclic) bond motifs is 3. The van der Waals surface area contributed by atoms with Crippen molar-refractivity contribution in [3.8, 4) is 5.69 Å². The first-order valence-corrected chi connectivity index (χ1v) is 21.2. The molecule has 10 nitrogen and oxygen atoms in total. The molecule has 7 rings (SSSR count). The highest BCUT2D eigenvalue weighted by molar-refractivity contribution is 9.10. The summed E-state index contributed by atoms with van der Waals surface area (Å²) in [6.45, 7) is 6.13. The fourth-order valence-electron chi connectivity index (χ4n) is 8.12. The minimum Gasteiger partial charge on any atom is -0.432 e. The molecule has 12 heteroatoms. The van der Waals surface area contributed by atoms with Gasteiger partial charge in [0.05, 0.1) is 48.6 Å². The Bertz CT molecular complexity index is 2190. The van der Waals surface area contributed by atoms with Crippen molar-refractivity contribution in [3.63, 3.8) is 0 Å². The van der Waals surface area contributed by atoms with E-state index in [0.717, 1.165) is 21.0 Å². The van der Waals surface area contributed by atoms with Gasteiger partial charge in [0.1, 0.15) is 0 Å². The zero-order chi connectivity index (χ0) is 36.8. The van der Waals surface area contributed by atoms with Gasteiger partial charge < -0.3 is 24.4 Å². The summed E-state index contributed by atoms with van der Waals surface area (Å²) in [6, 6.07) is 30.0. The van der Waals surface area contributed by atoms with Gasteiger partial charge in [0, 0.05) is 40.0 Å². The van der Waals surface area contributed by atoms with E-state index in [0.29, 0.717) is 28.9 Å². The Morgan fingerprint density at radius 3 is 2.40 bits per heavy atom. The standard InChI is InChI=1S/C40H41BrN4O6Si/c1-26-37(52(2,3)50)35(22-36(47)43(19-20-46)24-27-9-5-4-6-10-27)51-40(26)33-21-30(41)15-18-34(33)44(39(40)49)25-28-13-16-31(17-14-28)45-38(48)32-12-8-7-11-29(32)23-42-45/h4-18,21,23,26,35,37,46,50H,19-20,22,24-25H2,1-3H3/t26-,35+,37-,40+/m1/s1. The number of aromatic nitrogens is 2. The van der Waals surface area contributed by atoms with E-state index in [1.54, 1.807) is 22.1 Å². The van der Waals surface area contributed by atoms with Crippen LogP contribution in [0.4, 0.5) is 5.69 Å². The lowest BCUT2D eigenvalue weighted by Crippen LogP contribution is -2.46. The second kappa shape index (κ2) is 14.2. The van der Waals surface area contributed by atoms with Crippen LogP contribution in [0.3, 0.4) is 0 Å². The van der Waals surface area contributed by atoms with Crippen molar-refractivity contribution in [3.05, 3.63) is 135 Å². The summed E-state index contributed by atoms with van der Waals surface area (Å²) in [6.07, 6.45) is 0.901. The Kier molecular flexibility index (Phi) is 9.78. The molecule has 2 aliphatic heterocycles. The highest BCUT2D eigenvalue weighted by Gasteiger charge is 2.66. The van der Waals surface area contributed by atoms with E-state index in [-0.39, 0.29) is 43.5 Å². The minimum atomic E-state index is -3.02. The number of rotatable bonds is 10. The number of amides is 2. The third-order valence-corrected chi connectivity index (χ3v) is 13.5. The lowest BCUT2D eigenvalue weighted by atomic mass is 9.82. The molecular formula is C40H41BrN4O6Si. The number of halogens is 1. The van der Waals surface area contributed by atoms with Crippen molar-refractivity contribution >= 4 is 52.5 Å². The average molecular weight is 782 g/mol. The van der Waals surface area contributed by atoms with Gasteiger partial charge in [0.15, 0.2) is 13.9 Å². The van der Waals surface area contributed by atoms with Crippen molar-refractivity contribution in [1.82, 2.24) is 14.7 Å². The summed E-state index contributed by atoms with van der Waals surface area (Å²) in [5.41, 5.74) is 1.69. The lowest BCUT2D eigenvalue weighted by molar-refractivity contribution is -0.150. The SMILES string of the molecule is C[C@@H]1[C@@H]([Si](C)(C)O)[C@H](CC(=O)N(CCO)Cc2ccccc2)O[C@@]12C(=O)N(Cc1ccc(-n3ncc4ccccc4c3=O)cc1)c1ccc(Br)cc12. The Balaban J connectivity index is 1.19. The molecule has 0 aliphatic carbocycles. The number of carbonyl (C=O) groups excluding carboxylic acids is 2. The normalized spacial score (nSPS) is 21.2. The molecule has 2 amide bonds. The van der Waals surface area contributed by atoms with Crippen molar-refractivity contribution in [1.29, 1.82) is 0 Å². The molecule has 2 aliphatic rings. The largest absolute Gasteiger partial charge is 0.432 e. The molecule has 0 unspecified atom stereocenters. The van der Waals surface area contributed by atoms with Crippen LogP contribution in [0.1, 0.15) is 30.0 Å². The highest BCUT2D eigenvalue weighted by Crippen LogP contribution is 2.60. The van der Waals surface area contributed by atoms with Crippen LogP contribution < -0.4 is 10.5 Å². The monoisotopic (exact) mass is 780 g/mol. The van der Waals surface area contributed by atoms with Gasteiger partial charge in [-0.1, -0.05) is 83.5 Å². The zero-order valence-corrected chi connectivity index (χ0v) is 31.9. The third kappa shape index (κ3) is 6.43. The molecule has 4 atom stereocenters. The van der Waals surface area contributed by atoms with Crippen LogP contribution in [0.25, 0.3) is 16.5 Å². The van der Waals surface area contributed by atoms with E-state index < -0.39 is 31.5 Å². The molecule has 0 bridgehead atoms. The first-order valence-electron chi connectivity index (χ1n) is 17.4. The summed E-state index contributed by atoms with van der Waals surface area (Å²) < 4.78 is 9.05. The number of ether oxygens (including phenoxy) is 1. The van der Waals surface area contributed by atoms with Crippen LogP contribution in [0.2, 0.25) is 18.6 Å². The number of aliphatic hydroxyl groups excluding tert-OH is 1. The summed E-state index contributed by atoms with van der Waals surface area (Å²) in [7, 11) is -3.02. The van der Waals surface area contributed by atoms with Gasteiger partial charge in [-0.25, -0.2) is 0 Å². The van der Waals surface area contributed by atoms with Gasteiger partial charge in [-0.05, 0) is 60.6 Å². The van der Waals surface area contributed by atoms with Crippen LogP contribution in [0.5, 0.6) is 0 Å². The lowest BCUT2D eigenvalue weighted by Gasteiger charge is -2.32. The molecule has 0 saturated carbocycles. The van der Waals surface area contributed by atoms with Crippen LogP contribution in [0.15, 0.2) is 113 Å². The Labute approximate surface area is 311 Å². The highest BCUT2D eigenvalue weighted by atomic mass is 79.9. The number of benzene rings is 4. The maximum atomic E-state index is 14.9. The van der Waals surface area contributed by atoms with Crippen LogP contribution in [-0.4, -0.2) is 64.0 Å². The predicted octanol–water partition coefficient (Wildman–Crippen LogP) is 5.90. The van der Waals surface area contributed by atoms with Crippen molar-refractivity contribution in [2.24, 2.45) is 5.92 Å². The fourth-order valence-corrected chi connectivity index (χ4v) is 11.0. The average Bonchev–Trinajstić information content (AvgIpc) is 3.55. The van der Waals surface area contributed by atoms with Crippen molar-refractivity contribution < 1.29 is 24.2 Å². The van der Waals surface area contributed by atoms with E-state index in [4.69, 9.17) is 4.74 Å². The van der Waals surface area contributed by atoms with E-state index in [1.807, 2.05) is 111 Å². The number of hydrogen-bond acceptors (Lipinski definition) is 7. The first kappa shape index (κ1) is 35.9. The van der Waals surface area contributed by atoms with Crippen LogP contribution >= 0.6 is 15.9 Å². The number of carbonyl (C=O) groups is 2. The molecule has 2 N–H and O–H groups in total. The second-order valence-corrected chi connectivity index (χ2v) is 19.1. The maximum absolute atomic E-state index is 14.9. The van der Waals surface area contributed by atoms with E-state index in [2.05, 4.69) is 21.0 Å². The first-order chi connectivity index (χ1) is 24.9. The molecule has 1 saturated heterocycles. The molecule has 3 heterocycles. The molecule has 5 aromatic rings. The molecule has 4 aromatic carbocycles.